The highest BCUT2D eigenvalue weighted by molar-refractivity contribution is 9.10. The number of allylic oxidation sites excluding steroid dienone is 4. The molecular formula is C6H5BrF2. The second-order valence-corrected chi connectivity index (χ2v) is 3.04. The van der Waals surface area contributed by atoms with E-state index in [1.165, 1.54) is 12.2 Å². The van der Waals surface area contributed by atoms with Crippen LogP contribution in [0.3, 0.4) is 0 Å². The highest BCUT2D eigenvalue weighted by Crippen LogP contribution is 2.31. The molecule has 0 bridgehead atoms. The van der Waals surface area contributed by atoms with Crippen molar-refractivity contribution in [1.29, 1.82) is 0 Å². The Balaban J connectivity index is 2.78. The summed E-state index contributed by atoms with van der Waals surface area (Å²) in [6, 6.07) is 0. The number of halogens is 3. The molecule has 1 aliphatic carbocycles. The Hall–Kier alpha value is -0.180. The highest BCUT2D eigenvalue weighted by atomic mass is 79.9. The second-order valence-electron chi connectivity index (χ2n) is 1.82. The Morgan fingerprint density at radius 1 is 1.44 bits per heavy atom. The first-order chi connectivity index (χ1) is 4.13. The molecule has 3 heteroatoms. The van der Waals surface area contributed by atoms with Crippen molar-refractivity contribution in [2.75, 3.05) is 0 Å². The average molecular weight is 195 g/mol. The lowest BCUT2D eigenvalue weighted by Crippen LogP contribution is -2.24. The van der Waals surface area contributed by atoms with Crippen molar-refractivity contribution in [2.24, 2.45) is 0 Å². The molecule has 2 unspecified atom stereocenters. The minimum atomic E-state index is -1.98. The molecule has 0 nitrogen and oxygen atoms in total. The molecule has 0 aromatic rings. The van der Waals surface area contributed by atoms with Crippen molar-refractivity contribution >= 4 is 15.9 Å². The maximum absolute atomic E-state index is 12.7. The SMILES string of the molecule is FC1C=CC=CC1(F)Br. The number of hydrogen-bond acceptors (Lipinski definition) is 0. The third-order valence-corrected chi connectivity index (χ3v) is 1.78. The minimum Gasteiger partial charge on any atom is -0.238 e. The van der Waals surface area contributed by atoms with E-state index in [9.17, 15) is 8.78 Å². The maximum Gasteiger partial charge on any atom is 0.218 e. The Bertz CT molecular complexity index is 160. The summed E-state index contributed by atoms with van der Waals surface area (Å²) in [5.74, 6) is 0. The summed E-state index contributed by atoms with van der Waals surface area (Å²) >= 11 is 2.58. The van der Waals surface area contributed by atoms with E-state index < -0.39 is 10.7 Å². The van der Waals surface area contributed by atoms with Crippen molar-refractivity contribution in [3.63, 3.8) is 0 Å². The van der Waals surface area contributed by atoms with E-state index in [1.807, 2.05) is 0 Å². The number of rotatable bonds is 0. The van der Waals surface area contributed by atoms with Crippen LogP contribution < -0.4 is 0 Å². The fourth-order valence-electron chi connectivity index (χ4n) is 0.566. The smallest absolute Gasteiger partial charge is 0.218 e. The van der Waals surface area contributed by atoms with E-state index >= 15 is 0 Å². The van der Waals surface area contributed by atoms with Crippen molar-refractivity contribution < 1.29 is 8.78 Å². The van der Waals surface area contributed by atoms with Crippen molar-refractivity contribution in [3.05, 3.63) is 24.3 Å². The van der Waals surface area contributed by atoms with Gasteiger partial charge in [0.25, 0.3) is 0 Å². The monoisotopic (exact) mass is 194 g/mol. The molecule has 1 rings (SSSR count). The van der Waals surface area contributed by atoms with Gasteiger partial charge in [-0.05, 0) is 28.1 Å². The maximum atomic E-state index is 12.7. The minimum absolute atomic E-state index is 1.14. The molecule has 0 aliphatic heterocycles. The molecule has 0 radical (unpaired) electrons. The van der Waals surface area contributed by atoms with Crippen LogP contribution in [0.15, 0.2) is 24.3 Å². The lowest BCUT2D eigenvalue weighted by atomic mass is 10.1. The quantitative estimate of drug-likeness (QED) is 0.521. The summed E-state index contributed by atoms with van der Waals surface area (Å²) in [6.45, 7) is 0. The van der Waals surface area contributed by atoms with Gasteiger partial charge < -0.3 is 0 Å². The zero-order valence-electron chi connectivity index (χ0n) is 4.52. The standard InChI is InChI=1S/C6H5BrF2/c7-6(9)4-2-1-3-5(6)8/h1-5H. The molecule has 0 amide bonds. The first-order valence-electron chi connectivity index (χ1n) is 2.51. The van der Waals surface area contributed by atoms with Gasteiger partial charge in [-0.2, -0.15) is 0 Å². The fraction of sp³-hybridized carbons (Fsp3) is 0.333. The van der Waals surface area contributed by atoms with Gasteiger partial charge in [-0.25, -0.2) is 8.78 Å². The second kappa shape index (κ2) is 2.21. The van der Waals surface area contributed by atoms with Gasteiger partial charge in [-0.15, -0.1) is 0 Å². The lowest BCUT2D eigenvalue weighted by Gasteiger charge is -2.17. The largest absolute Gasteiger partial charge is 0.238 e. The molecule has 1 aliphatic rings. The highest BCUT2D eigenvalue weighted by Gasteiger charge is 2.33. The summed E-state index contributed by atoms with van der Waals surface area (Å²) < 4.78 is 23.1. The van der Waals surface area contributed by atoms with E-state index in [4.69, 9.17) is 0 Å². The van der Waals surface area contributed by atoms with Crippen LogP contribution in [0.5, 0.6) is 0 Å². The average Bonchev–Trinajstić information content (AvgIpc) is 1.77. The molecular weight excluding hydrogens is 190 g/mol. The predicted molar refractivity (Wildman–Crippen MR) is 35.9 cm³/mol. The fourth-order valence-corrected chi connectivity index (χ4v) is 0.871. The first-order valence-corrected chi connectivity index (χ1v) is 3.30. The molecule has 0 aromatic carbocycles. The van der Waals surface area contributed by atoms with Crippen LogP contribution in [0.1, 0.15) is 0 Å². The third-order valence-electron chi connectivity index (χ3n) is 1.08. The van der Waals surface area contributed by atoms with Crippen molar-refractivity contribution in [2.45, 2.75) is 10.7 Å². The summed E-state index contributed by atoms with van der Waals surface area (Å²) in [5.41, 5.74) is 0. The van der Waals surface area contributed by atoms with Crippen LogP contribution in [-0.4, -0.2) is 10.7 Å². The van der Waals surface area contributed by atoms with Crippen LogP contribution in [0.25, 0.3) is 0 Å². The van der Waals surface area contributed by atoms with Gasteiger partial charge >= 0.3 is 0 Å². The summed E-state index contributed by atoms with van der Waals surface area (Å²) in [6.07, 6.45) is 3.67. The Kier molecular flexibility index (Phi) is 1.70. The lowest BCUT2D eigenvalue weighted by molar-refractivity contribution is 0.221. The molecule has 0 spiro atoms. The van der Waals surface area contributed by atoms with Crippen LogP contribution in [0, 0.1) is 0 Å². The Morgan fingerprint density at radius 3 is 2.44 bits per heavy atom. The first kappa shape index (κ1) is 6.93. The Labute approximate surface area is 60.4 Å². The number of hydrogen-bond donors (Lipinski definition) is 0. The van der Waals surface area contributed by atoms with E-state index in [0.717, 1.165) is 12.2 Å². The summed E-state index contributed by atoms with van der Waals surface area (Å²) in [5, 5.41) is 0. The zero-order valence-corrected chi connectivity index (χ0v) is 6.11. The molecule has 0 saturated heterocycles. The van der Waals surface area contributed by atoms with Gasteiger partial charge in [-0.1, -0.05) is 12.2 Å². The van der Waals surface area contributed by atoms with E-state index in [-0.39, 0.29) is 0 Å². The van der Waals surface area contributed by atoms with E-state index in [2.05, 4.69) is 15.9 Å². The van der Waals surface area contributed by atoms with Crippen LogP contribution in [-0.2, 0) is 0 Å². The molecule has 0 N–H and O–H groups in total. The van der Waals surface area contributed by atoms with E-state index in [1.54, 1.807) is 0 Å². The van der Waals surface area contributed by atoms with Gasteiger partial charge in [0.2, 0.25) is 4.58 Å². The zero-order chi connectivity index (χ0) is 6.91. The van der Waals surface area contributed by atoms with Gasteiger partial charge in [-0.3, -0.25) is 0 Å². The molecule has 2 atom stereocenters. The van der Waals surface area contributed by atoms with Crippen LogP contribution in [0.2, 0.25) is 0 Å². The number of alkyl halides is 3. The van der Waals surface area contributed by atoms with Crippen molar-refractivity contribution in [1.82, 2.24) is 0 Å². The van der Waals surface area contributed by atoms with Gasteiger partial charge in [0.1, 0.15) is 0 Å². The van der Waals surface area contributed by atoms with Crippen LogP contribution >= 0.6 is 15.9 Å². The van der Waals surface area contributed by atoms with Crippen LogP contribution in [0.4, 0.5) is 8.78 Å². The molecule has 0 aromatic heterocycles. The summed E-state index contributed by atoms with van der Waals surface area (Å²) in [4.78, 5) is 0. The molecule has 0 fully saturated rings. The Morgan fingerprint density at radius 2 is 2.11 bits per heavy atom. The van der Waals surface area contributed by atoms with Crippen molar-refractivity contribution in [3.8, 4) is 0 Å². The molecule has 0 saturated carbocycles. The van der Waals surface area contributed by atoms with Gasteiger partial charge in [0.05, 0.1) is 0 Å². The predicted octanol–water partition coefficient (Wildman–Crippen LogP) is 2.51. The topological polar surface area (TPSA) is 0 Å². The summed E-state index contributed by atoms with van der Waals surface area (Å²) in [7, 11) is 0. The van der Waals surface area contributed by atoms with Gasteiger partial charge in [0.15, 0.2) is 6.17 Å². The molecule has 9 heavy (non-hydrogen) atoms. The third kappa shape index (κ3) is 1.39. The van der Waals surface area contributed by atoms with E-state index in [0.29, 0.717) is 0 Å². The molecule has 0 heterocycles. The molecule has 50 valence electrons. The van der Waals surface area contributed by atoms with Gasteiger partial charge in [0, 0.05) is 0 Å². The normalized spacial score (nSPS) is 41.4.